The SMILES string of the molecule is c1ccc(-c2ccc(-c3ccccc3N(c3ccc4c(c3)C3(c5ccccc5-4)c4ccccc4-n4c5ccccc5c5cccc3c54)c3ccc4oc5ccccc5c4c3)cc2)cc1. The third kappa shape index (κ3) is 4.76. The largest absolute Gasteiger partial charge is 0.456 e. The summed E-state index contributed by atoms with van der Waals surface area (Å²) >= 11 is 0. The lowest BCUT2D eigenvalue weighted by molar-refractivity contribution is 0.669. The van der Waals surface area contributed by atoms with Crippen LogP contribution in [0.25, 0.3) is 82.8 Å². The Morgan fingerprint density at radius 1 is 0.359 bits per heavy atom. The third-order valence-electron chi connectivity index (χ3n) is 14.0. The minimum atomic E-state index is -0.578. The van der Waals surface area contributed by atoms with Gasteiger partial charge in [0.15, 0.2) is 0 Å². The molecule has 1 unspecified atom stereocenters. The van der Waals surface area contributed by atoms with Gasteiger partial charge in [0.1, 0.15) is 11.2 Å². The molecular weight excluding hydrogens is 777 g/mol. The summed E-state index contributed by atoms with van der Waals surface area (Å²) in [6.45, 7) is 0. The van der Waals surface area contributed by atoms with Gasteiger partial charge >= 0.3 is 0 Å². The molecule has 2 aliphatic rings. The maximum atomic E-state index is 6.40. The zero-order valence-corrected chi connectivity index (χ0v) is 34.7. The maximum Gasteiger partial charge on any atom is 0.135 e. The first-order valence-electron chi connectivity index (χ1n) is 22.1. The van der Waals surface area contributed by atoms with Gasteiger partial charge in [-0.3, -0.25) is 0 Å². The second-order valence-electron chi connectivity index (χ2n) is 17.2. The number of anilines is 3. The molecule has 0 amide bonds. The van der Waals surface area contributed by atoms with Crippen molar-refractivity contribution in [2.45, 2.75) is 5.41 Å². The molecule has 10 aromatic carbocycles. The molecule has 12 aromatic rings. The van der Waals surface area contributed by atoms with Crippen LogP contribution in [0.3, 0.4) is 0 Å². The molecule has 3 heteroatoms. The topological polar surface area (TPSA) is 21.3 Å². The third-order valence-corrected chi connectivity index (χ3v) is 14.0. The standard InChI is InChI=1S/C61H38N2O/c1-2-15-39(16-3-1)40-29-31-41(32-30-40)44-17-5-10-25-55(44)62(42-34-36-59-50(37-42)48-20-7-13-28-58(48)64-59)43-33-35-46-45-18-4-8-22-51(45)61(54(46)38-43)52-23-9-12-27-57(52)63-56-26-11-6-19-47(56)49-21-14-24-53(61)60(49)63/h1-38H. The molecule has 1 spiro atoms. The van der Waals surface area contributed by atoms with Gasteiger partial charge in [-0.15, -0.1) is 0 Å². The van der Waals surface area contributed by atoms with Crippen molar-refractivity contribution in [3.63, 3.8) is 0 Å². The number of nitrogens with zero attached hydrogens (tertiary/aromatic N) is 2. The Morgan fingerprint density at radius 2 is 0.969 bits per heavy atom. The van der Waals surface area contributed by atoms with E-state index in [1.807, 2.05) is 6.07 Å². The lowest BCUT2D eigenvalue weighted by Gasteiger charge is -2.40. The minimum Gasteiger partial charge on any atom is -0.456 e. The first-order chi connectivity index (χ1) is 31.8. The number of para-hydroxylation sites is 5. The summed E-state index contributed by atoms with van der Waals surface area (Å²) in [6, 6.07) is 84.7. The van der Waals surface area contributed by atoms with Crippen LogP contribution in [0, 0.1) is 0 Å². The van der Waals surface area contributed by atoms with Crippen LogP contribution in [0.2, 0.25) is 0 Å². The van der Waals surface area contributed by atoms with Crippen LogP contribution in [-0.4, -0.2) is 4.57 Å². The zero-order chi connectivity index (χ0) is 41.9. The van der Waals surface area contributed by atoms with Crippen molar-refractivity contribution in [3.8, 4) is 39.1 Å². The van der Waals surface area contributed by atoms with Crippen molar-refractivity contribution in [1.82, 2.24) is 4.57 Å². The number of furan rings is 1. The van der Waals surface area contributed by atoms with Crippen LogP contribution >= 0.6 is 0 Å². The maximum absolute atomic E-state index is 6.40. The van der Waals surface area contributed by atoms with Crippen LogP contribution in [0.1, 0.15) is 22.3 Å². The number of benzene rings is 10. The predicted octanol–water partition coefficient (Wildman–Crippen LogP) is 16.2. The highest BCUT2D eigenvalue weighted by Crippen LogP contribution is 2.62. The van der Waals surface area contributed by atoms with Gasteiger partial charge in [-0.25, -0.2) is 0 Å². The Balaban J connectivity index is 1.05. The molecule has 0 radical (unpaired) electrons. The van der Waals surface area contributed by atoms with Gasteiger partial charge in [0.2, 0.25) is 0 Å². The van der Waals surface area contributed by atoms with Crippen molar-refractivity contribution >= 4 is 60.8 Å². The number of fused-ring (bicyclic) bond motifs is 15. The Hall–Kier alpha value is -8.40. The fourth-order valence-electron chi connectivity index (χ4n) is 11.4. The number of hydrogen-bond donors (Lipinski definition) is 0. The molecule has 1 aliphatic carbocycles. The van der Waals surface area contributed by atoms with E-state index in [-0.39, 0.29) is 0 Å². The molecule has 298 valence electrons. The molecule has 0 N–H and O–H groups in total. The molecule has 64 heavy (non-hydrogen) atoms. The van der Waals surface area contributed by atoms with Crippen molar-refractivity contribution < 1.29 is 4.42 Å². The van der Waals surface area contributed by atoms with Crippen LogP contribution in [0.4, 0.5) is 17.1 Å². The van der Waals surface area contributed by atoms with E-state index in [0.717, 1.165) is 50.1 Å². The zero-order valence-electron chi connectivity index (χ0n) is 34.7. The number of hydrogen-bond acceptors (Lipinski definition) is 2. The molecule has 3 nitrogen and oxygen atoms in total. The van der Waals surface area contributed by atoms with Gasteiger partial charge in [-0.1, -0.05) is 176 Å². The summed E-state index contributed by atoms with van der Waals surface area (Å²) in [5.41, 5.74) is 20.6. The molecule has 3 heterocycles. The highest BCUT2D eigenvalue weighted by molar-refractivity contribution is 6.13. The van der Waals surface area contributed by atoms with Crippen LogP contribution in [0.5, 0.6) is 0 Å². The summed E-state index contributed by atoms with van der Waals surface area (Å²) in [5, 5.41) is 4.75. The van der Waals surface area contributed by atoms with Crippen LogP contribution in [-0.2, 0) is 5.41 Å². The highest BCUT2D eigenvalue weighted by atomic mass is 16.3. The van der Waals surface area contributed by atoms with Crippen molar-refractivity contribution in [1.29, 1.82) is 0 Å². The molecule has 1 aliphatic heterocycles. The quantitative estimate of drug-likeness (QED) is 0.173. The predicted molar refractivity (Wildman–Crippen MR) is 264 cm³/mol. The monoisotopic (exact) mass is 814 g/mol. The highest BCUT2D eigenvalue weighted by Gasteiger charge is 2.51. The normalized spacial score (nSPS) is 14.6. The van der Waals surface area contributed by atoms with Gasteiger partial charge < -0.3 is 13.9 Å². The Morgan fingerprint density at radius 3 is 1.86 bits per heavy atom. The second kappa shape index (κ2) is 13.3. The first kappa shape index (κ1) is 35.2. The Kier molecular flexibility index (Phi) is 7.32. The van der Waals surface area contributed by atoms with E-state index in [9.17, 15) is 0 Å². The van der Waals surface area contributed by atoms with E-state index in [2.05, 4.69) is 234 Å². The van der Waals surface area contributed by atoms with E-state index >= 15 is 0 Å². The fraction of sp³-hybridized carbons (Fsp3) is 0.0164. The fourth-order valence-corrected chi connectivity index (χ4v) is 11.4. The Bertz CT molecular complexity index is 3860. The summed E-state index contributed by atoms with van der Waals surface area (Å²) in [4.78, 5) is 2.46. The molecule has 0 saturated heterocycles. The lowest BCUT2D eigenvalue weighted by atomic mass is 9.65. The Labute approximate surface area is 370 Å². The number of aromatic nitrogens is 1. The van der Waals surface area contributed by atoms with E-state index in [1.54, 1.807) is 0 Å². The molecule has 2 aromatic heterocycles. The van der Waals surface area contributed by atoms with Crippen LogP contribution < -0.4 is 4.90 Å². The van der Waals surface area contributed by atoms with E-state index in [1.165, 1.54) is 72.0 Å². The lowest BCUT2D eigenvalue weighted by Crippen LogP contribution is -2.33. The smallest absolute Gasteiger partial charge is 0.135 e. The summed E-state index contributed by atoms with van der Waals surface area (Å²) in [5.74, 6) is 0. The van der Waals surface area contributed by atoms with E-state index < -0.39 is 5.41 Å². The average molecular weight is 815 g/mol. The average Bonchev–Trinajstić information content (AvgIpc) is 4.01. The molecular formula is C61H38N2O. The molecule has 0 saturated carbocycles. The van der Waals surface area contributed by atoms with E-state index in [0.29, 0.717) is 0 Å². The van der Waals surface area contributed by atoms with Crippen molar-refractivity contribution in [3.05, 3.63) is 253 Å². The van der Waals surface area contributed by atoms with Gasteiger partial charge in [0.05, 0.1) is 27.8 Å². The summed E-state index contributed by atoms with van der Waals surface area (Å²) in [7, 11) is 0. The van der Waals surface area contributed by atoms with Gasteiger partial charge in [0.25, 0.3) is 0 Å². The summed E-state index contributed by atoms with van der Waals surface area (Å²) in [6.07, 6.45) is 0. The second-order valence-corrected chi connectivity index (χ2v) is 17.2. The van der Waals surface area contributed by atoms with Gasteiger partial charge in [-0.2, -0.15) is 0 Å². The molecule has 1 atom stereocenters. The van der Waals surface area contributed by atoms with E-state index in [4.69, 9.17) is 4.42 Å². The molecule has 0 fully saturated rings. The van der Waals surface area contributed by atoms with Gasteiger partial charge in [0, 0.05) is 38.5 Å². The number of rotatable bonds is 5. The molecule has 14 rings (SSSR count). The minimum absolute atomic E-state index is 0.578. The van der Waals surface area contributed by atoms with Crippen molar-refractivity contribution in [2.24, 2.45) is 0 Å². The van der Waals surface area contributed by atoms with Gasteiger partial charge in [-0.05, 0) is 105 Å². The first-order valence-corrected chi connectivity index (χ1v) is 22.1. The van der Waals surface area contributed by atoms with Crippen molar-refractivity contribution in [2.75, 3.05) is 4.90 Å². The molecule has 0 bridgehead atoms. The summed E-state index contributed by atoms with van der Waals surface area (Å²) < 4.78 is 8.92. The van der Waals surface area contributed by atoms with Crippen LogP contribution in [0.15, 0.2) is 235 Å².